The van der Waals surface area contributed by atoms with Crippen LogP contribution in [0.15, 0.2) is 42.5 Å². The minimum atomic E-state index is -0.401. The maximum atomic E-state index is 13.6. The Hall–Kier alpha value is -1.25. The minimum Gasteiger partial charge on any atom is -0.494 e. The van der Waals surface area contributed by atoms with Gasteiger partial charge < -0.3 is 4.74 Å². The summed E-state index contributed by atoms with van der Waals surface area (Å²) in [6.45, 7) is 0. The summed E-state index contributed by atoms with van der Waals surface area (Å²) in [5.41, 5.74) is 1.79. The molecule has 0 aliphatic heterocycles. The molecular formula is C15H13Cl2FO. The van der Waals surface area contributed by atoms with E-state index < -0.39 is 5.82 Å². The fraction of sp³-hybridized carbons (Fsp3) is 0.200. The molecule has 2 rings (SSSR count). The van der Waals surface area contributed by atoms with E-state index in [2.05, 4.69) is 0 Å². The standard InChI is InChI=1S/C15H13Cl2FO/c1-19-15-7-4-11(9-14(15)18)13(17)8-10-2-5-12(16)6-3-10/h2-7,9,13H,8H2,1H3. The summed E-state index contributed by atoms with van der Waals surface area (Å²) in [5.74, 6) is -0.180. The molecule has 2 aromatic carbocycles. The second-order valence-electron chi connectivity index (χ2n) is 4.19. The molecule has 19 heavy (non-hydrogen) atoms. The van der Waals surface area contributed by atoms with Crippen LogP contribution in [0.2, 0.25) is 5.02 Å². The summed E-state index contributed by atoms with van der Waals surface area (Å²) in [7, 11) is 1.43. The molecular weight excluding hydrogens is 286 g/mol. The van der Waals surface area contributed by atoms with Gasteiger partial charge in [0.1, 0.15) is 0 Å². The normalized spacial score (nSPS) is 12.2. The quantitative estimate of drug-likeness (QED) is 0.721. The summed E-state index contributed by atoms with van der Waals surface area (Å²) in [4.78, 5) is 0. The predicted molar refractivity (Wildman–Crippen MR) is 76.7 cm³/mol. The summed E-state index contributed by atoms with van der Waals surface area (Å²) < 4.78 is 18.5. The Balaban J connectivity index is 2.13. The van der Waals surface area contributed by atoms with Crippen LogP contribution in [0.3, 0.4) is 0 Å². The third-order valence-electron chi connectivity index (χ3n) is 2.87. The van der Waals surface area contributed by atoms with Crippen LogP contribution < -0.4 is 4.74 Å². The third-order valence-corrected chi connectivity index (χ3v) is 3.52. The van der Waals surface area contributed by atoms with Gasteiger partial charge in [-0.1, -0.05) is 29.8 Å². The smallest absolute Gasteiger partial charge is 0.165 e. The maximum Gasteiger partial charge on any atom is 0.165 e. The molecule has 0 bridgehead atoms. The molecule has 0 fully saturated rings. The van der Waals surface area contributed by atoms with Gasteiger partial charge in [-0.05, 0) is 41.8 Å². The van der Waals surface area contributed by atoms with E-state index in [1.165, 1.54) is 13.2 Å². The second kappa shape index (κ2) is 6.27. The van der Waals surface area contributed by atoms with Gasteiger partial charge in [0.15, 0.2) is 11.6 Å². The molecule has 0 N–H and O–H groups in total. The number of rotatable bonds is 4. The molecule has 2 aromatic rings. The summed E-state index contributed by atoms with van der Waals surface area (Å²) in [5, 5.41) is 0.395. The number of alkyl halides is 1. The summed E-state index contributed by atoms with van der Waals surface area (Å²) in [6.07, 6.45) is 0.616. The molecule has 0 radical (unpaired) electrons. The monoisotopic (exact) mass is 298 g/mol. The molecule has 0 aromatic heterocycles. The van der Waals surface area contributed by atoms with E-state index in [1.807, 2.05) is 24.3 Å². The molecule has 1 atom stereocenters. The molecule has 0 aliphatic carbocycles. The lowest BCUT2D eigenvalue weighted by Crippen LogP contribution is -1.98. The van der Waals surface area contributed by atoms with Gasteiger partial charge in [0.25, 0.3) is 0 Å². The lowest BCUT2D eigenvalue weighted by atomic mass is 10.0. The first kappa shape index (κ1) is 14.2. The van der Waals surface area contributed by atoms with Gasteiger partial charge >= 0.3 is 0 Å². The zero-order valence-electron chi connectivity index (χ0n) is 10.4. The lowest BCUT2D eigenvalue weighted by molar-refractivity contribution is 0.386. The van der Waals surface area contributed by atoms with Crippen molar-refractivity contribution in [2.75, 3.05) is 7.11 Å². The van der Waals surface area contributed by atoms with E-state index in [-0.39, 0.29) is 11.1 Å². The molecule has 0 aliphatic rings. The van der Waals surface area contributed by atoms with Gasteiger partial charge in [0.2, 0.25) is 0 Å². The Morgan fingerprint density at radius 3 is 2.42 bits per heavy atom. The van der Waals surface area contributed by atoms with Gasteiger partial charge in [0, 0.05) is 5.02 Å². The third kappa shape index (κ3) is 3.62. The number of hydrogen-bond donors (Lipinski definition) is 0. The van der Waals surface area contributed by atoms with E-state index in [0.717, 1.165) is 11.1 Å². The highest BCUT2D eigenvalue weighted by Crippen LogP contribution is 2.28. The van der Waals surface area contributed by atoms with Crippen LogP contribution in [0.4, 0.5) is 4.39 Å². The first-order chi connectivity index (χ1) is 9.10. The number of ether oxygens (including phenoxy) is 1. The predicted octanol–water partition coefficient (Wildman–Crippen LogP) is 5.01. The first-order valence-corrected chi connectivity index (χ1v) is 6.63. The highest BCUT2D eigenvalue weighted by atomic mass is 35.5. The largest absolute Gasteiger partial charge is 0.494 e. The van der Waals surface area contributed by atoms with Crippen LogP contribution in [0.25, 0.3) is 0 Å². The molecule has 0 spiro atoms. The van der Waals surface area contributed by atoms with Crippen LogP contribution in [-0.2, 0) is 6.42 Å². The average molecular weight is 299 g/mol. The first-order valence-electron chi connectivity index (χ1n) is 5.82. The zero-order chi connectivity index (χ0) is 13.8. The zero-order valence-corrected chi connectivity index (χ0v) is 11.9. The van der Waals surface area contributed by atoms with Gasteiger partial charge in [-0.2, -0.15) is 0 Å². The van der Waals surface area contributed by atoms with Crippen molar-refractivity contribution < 1.29 is 9.13 Å². The van der Waals surface area contributed by atoms with Gasteiger partial charge in [0.05, 0.1) is 12.5 Å². The number of methoxy groups -OCH3 is 1. The maximum absolute atomic E-state index is 13.6. The molecule has 0 saturated carbocycles. The van der Waals surface area contributed by atoms with Crippen molar-refractivity contribution in [2.45, 2.75) is 11.8 Å². The highest BCUT2D eigenvalue weighted by molar-refractivity contribution is 6.30. The summed E-state index contributed by atoms with van der Waals surface area (Å²) >= 11 is 12.1. The highest BCUT2D eigenvalue weighted by Gasteiger charge is 2.12. The SMILES string of the molecule is COc1ccc(C(Cl)Cc2ccc(Cl)cc2)cc1F. The van der Waals surface area contributed by atoms with E-state index in [4.69, 9.17) is 27.9 Å². The summed E-state index contributed by atoms with van der Waals surface area (Å²) in [6, 6.07) is 12.2. The van der Waals surface area contributed by atoms with E-state index in [9.17, 15) is 4.39 Å². The van der Waals surface area contributed by atoms with E-state index in [0.29, 0.717) is 11.4 Å². The topological polar surface area (TPSA) is 9.23 Å². The molecule has 1 nitrogen and oxygen atoms in total. The lowest BCUT2D eigenvalue weighted by Gasteiger charge is -2.11. The number of hydrogen-bond acceptors (Lipinski definition) is 1. The van der Waals surface area contributed by atoms with Crippen LogP contribution >= 0.6 is 23.2 Å². The fourth-order valence-electron chi connectivity index (χ4n) is 1.82. The van der Waals surface area contributed by atoms with Crippen molar-refractivity contribution >= 4 is 23.2 Å². The Labute approximate surface area is 121 Å². The van der Waals surface area contributed by atoms with Crippen molar-refractivity contribution in [2.24, 2.45) is 0 Å². The Morgan fingerprint density at radius 1 is 1.16 bits per heavy atom. The molecule has 0 heterocycles. The van der Waals surface area contributed by atoms with Crippen molar-refractivity contribution in [3.63, 3.8) is 0 Å². The molecule has 0 amide bonds. The Kier molecular flexibility index (Phi) is 4.67. The number of halogens is 3. The molecule has 100 valence electrons. The van der Waals surface area contributed by atoms with Crippen LogP contribution in [0.5, 0.6) is 5.75 Å². The molecule has 4 heteroatoms. The molecule has 0 saturated heterocycles. The van der Waals surface area contributed by atoms with Crippen molar-refractivity contribution in [1.29, 1.82) is 0 Å². The van der Waals surface area contributed by atoms with Crippen LogP contribution in [-0.4, -0.2) is 7.11 Å². The van der Waals surface area contributed by atoms with E-state index >= 15 is 0 Å². The average Bonchev–Trinajstić information content (AvgIpc) is 2.41. The number of benzene rings is 2. The van der Waals surface area contributed by atoms with Gasteiger partial charge in [-0.25, -0.2) is 4.39 Å². The van der Waals surface area contributed by atoms with Crippen molar-refractivity contribution in [1.82, 2.24) is 0 Å². The van der Waals surface area contributed by atoms with Crippen molar-refractivity contribution in [3.8, 4) is 5.75 Å². The van der Waals surface area contributed by atoms with E-state index in [1.54, 1.807) is 12.1 Å². The van der Waals surface area contributed by atoms with Gasteiger partial charge in [-0.3, -0.25) is 0 Å². The second-order valence-corrected chi connectivity index (χ2v) is 5.16. The van der Waals surface area contributed by atoms with Crippen LogP contribution in [0.1, 0.15) is 16.5 Å². The van der Waals surface area contributed by atoms with Gasteiger partial charge in [-0.15, -0.1) is 11.6 Å². The fourth-order valence-corrected chi connectivity index (χ4v) is 2.26. The van der Waals surface area contributed by atoms with Crippen LogP contribution in [0, 0.1) is 5.82 Å². The Bertz CT molecular complexity index is 555. The minimum absolute atomic E-state index is 0.221. The van der Waals surface area contributed by atoms with Crippen molar-refractivity contribution in [3.05, 3.63) is 64.4 Å². The molecule has 1 unspecified atom stereocenters. The Morgan fingerprint density at radius 2 is 1.84 bits per heavy atom.